The van der Waals surface area contributed by atoms with Crippen molar-refractivity contribution in [3.05, 3.63) is 23.9 Å². The van der Waals surface area contributed by atoms with E-state index in [1.54, 1.807) is 4.90 Å². The maximum atomic E-state index is 13.2. The van der Waals surface area contributed by atoms with Gasteiger partial charge in [0.2, 0.25) is 0 Å². The molecule has 0 radical (unpaired) electrons. The topological polar surface area (TPSA) is 48.4 Å². The zero-order valence-electron chi connectivity index (χ0n) is 12.2. The SMILES string of the molecule is O[C@H]1CCNC[C@]12CCCN(c1ncccc1C(F)(F)F)C2. The third-order valence-corrected chi connectivity index (χ3v) is 4.78. The molecule has 22 heavy (non-hydrogen) atoms. The monoisotopic (exact) mass is 315 g/mol. The summed E-state index contributed by atoms with van der Waals surface area (Å²) in [5.41, 5.74) is -1.08. The van der Waals surface area contributed by atoms with Crippen LogP contribution in [0.15, 0.2) is 18.3 Å². The van der Waals surface area contributed by atoms with Crippen molar-refractivity contribution in [1.29, 1.82) is 0 Å². The van der Waals surface area contributed by atoms with Gasteiger partial charge in [-0.25, -0.2) is 4.98 Å². The molecule has 2 aliphatic rings. The van der Waals surface area contributed by atoms with Crippen LogP contribution in [0.5, 0.6) is 0 Å². The van der Waals surface area contributed by atoms with Crippen LogP contribution in [0, 0.1) is 5.41 Å². The predicted molar refractivity (Wildman–Crippen MR) is 76.6 cm³/mol. The lowest BCUT2D eigenvalue weighted by atomic mass is 9.72. The first kappa shape index (κ1) is 15.6. The second-order valence-electron chi connectivity index (χ2n) is 6.24. The Bertz CT molecular complexity index is 533. The lowest BCUT2D eigenvalue weighted by Gasteiger charge is -2.48. The Hall–Kier alpha value is -1.34. The van der Waals surface area contributed by atoms with Crippen molar-refractivity contribution >= 4 is 5.82 Å². The summed E-state index contributed by atoms with van der Waals surface area (Å²) < 4.78 is 39.6. The molecule has 4 nitrogen and oxygen atoms in total. The molecule has 1 aromatic heterocycles. The Kier molecular flexibility index (Phi) is 4.03. The van der Waals surface area contributed by atoms with Gasteiger partial charge in [-0.15, -0.1) is 0 Å². The zero-order valence-corrected chi connectivity index (χ0v) is 12.2. The summed E-state index contributed by atoms with van der Waals surface area (Å²) in [6.45, 7) is 2.33. The second kappa shape index (κ2) is 5.70. The maximum absolute atomic E-state index is 13.2. The number of piperidine rings is 2. The summed E-state index contributed by atoms with van der Waals surface area (Å²) in [5.74, 6) is -0.0214. The van der Waals surface area contributed by atoms with Gasteiger partial charge in [-0.1, -0.05) is 0 Å². The fraction of sp³-hybridized carbons (Fsp3) is 0.667. The van der Waals surface area contributed by atoms with Crippen LogP contribution in [0.2, 0.25) is 0 Å². The number of pyridine rings is 1. The minimum atomic E-state index is -4.42. The molecule has 2 aliphatic heterocycles. The van der Waals surface area contributed by atoms with Crippen LogP contribution in [-0.4, -0.2) is 42.4 Å². The van der Waals surface area contributed by atoms with E-state index in [2.05, 4.69) is 10.3 Å². The molecule has 2 fully saturated rings. The van der Waals surface area contributed by atoms with Crippen molar-refractivity contribution in [3.63, 3.8) is 0 Å². The number of hydrogen-bond acceptors (Lipinski definition) is 4. The number of nitrogens with one attached hydrogen (secondary N) is 1. The molecule has 1 spiro atoms. The van der Waals surface area contributed by atoms with Crippen LogP contribution in [0.3, 0.4) is 0 Å². The molecule has 3 rings (SSSR count). The van der Waals surface area contributed by atoms with Gasteiger partial charge in [0.1, 0.15) is 5.82 Å². The molecule has 0 amide bonds. The van der Waals surface area contributed by atoms with Crippen molar-refractivity contribution in [1.82, 2.24) is 10.3 Å². The minimum absolute atomic E-state index is 0.0214. The lowest BCUT2D eigenvalue weighted by molar-refractivity contribution is -0.137. The van der Waals surface area contributed by atoms with Gasteiger partial charge < -0.3 is 15.3 Å². The molecular formula is C15H20F3N3O. The molecule has 7 heteroatoms. The highest BCUT2D eigenvalue weighted by Crippen LogP contribution is 2.41. The van der Waals surface area contributed by atoms with Crippen molar-refractivity contribution in [3.8, 4) is 0 Å². The molecule has 0 unspecified atom stereocenters. The molecular weight excluding hydrogens is 295 g/mol. The van der Waals surface area contributed by atoms with Gasteiger partial charge in [-0.2, -0.15) is 13.2 Å². The van der Waals surface area contributed by atoms with Gasteiger partial charge in [0.05, 0.1) is 11.7 Å². The lowest BCUT2D eigenvalue weighted by Crippen LogP contribution is -2.58. The molecule has 0 aliphatic carbocycles. The molecule has 2 atom stereocenters. The average molecular weight is 315 g/mol. The van der Waals surface area contributed by atoms with Gasteiger partial charge in [0, 0.05) is 31.2 Å². The molecule has 1 aromatic rings. The smallest absolute Gasteiger partial charge is 0.392 e. The van der Waals surface area contributed by atoms with Crippen molar-refractivity contribution in [2.24, 2.45) is 5.41 Å². The van der Waals surface area contributed by atoms with E-state index < -0.39 is 17.8 Å². The Morgan fingerprint density at radius 1 is 1.41 bits per heavy atom. The van der Waals surface area contributed by atoms with E-state index in [0.717, 1.165) is 25.5 Å². The summed E-state index contributed by atoms with van der Waals surface area (Å²) in [6.07, 6.45) is -1.28. The van der Waals surface area contributed by atoms with Gasteiger partial charge >= 0.3 is 6.18 Å². The van der Waals surface area contributed by atoms with E-state index in [0.29, 0.717) is 26.1 Å². The molecule has 0 bridgehead atoms. The number of alkyl halides is 3. The number of hydrogen-bond donors (Lipinski definition) is 2. The molecule has 2 N–H and O–H groups in total. The van der Waals surface area contributed by atoms with Crippen LogP contribution < -0.4 is 10.2 Å². The number of nitrogens with zero attached hydrogens (tertiary/aromatic N) is 2. The van der Waals surface area contributed by atoms with Crippen molar-refractivity contribution in [2.45, 2.75) is 31.5 Å². The van der Waals surface area contributed by atoms with Crippen LogP contribution in [0.4, 0.5) is 19.0 Å². The van der Waals surface area contributed by atoms with E-state index >= 15 is 0 Å². The fourth-order valence-corrected chi connectivity index (χ4v) is 3.63. The molecule has 2 saturated heterocycles. The first-order valence-corrected chi connectivity index (χ1v) is 7.58. The highest BCUT2D eigenvalue weighted by Gasteiger charge is 2.45. The molecule has 3 heterocycles. The number of rotatable bonds is 1. The van der Waals surface area contributed by atoms with E-state index in [4.69, 9.17) is 0 Å². The molecule has 0 saturated carbocycles. The summed E-state index contributed by atoms with van der Waals surface area (Å²) >= 11 is 0. The van der Waals surface area contributed by atoms with E-state index in [-0.39, 0.29) is 11.2 Å². The van der Waals surface area contributed by atoms with E-state index in [9.17, 15) is 18.3 Å². The first-order chi connectivity index (χ1) is 10.4. The highest BCUT2D eigenvalue weighted by molar-refractivity contribution is 5.49. The van der Waals surface area contributed by atoms with Crippen molar-refractivity contribution < 1.29 is 18.3 Å². The third kappa shape index (κ3) is 2.79. The third-order valence-electron chi connectivity index (χ3n) is 4.78. The highest BCUT2D eigenvalue weighted by atomic mass is 19.4. The fourth-order valence-electron chi connectivity index (χ4n) is 3.63. The Labute approximate surface area is 127 Å². The quantitative estimate of drug-likeness (QED) is 0.833. The van der Waals surface area contributed by atoms with Gasteiger partial charge in [-0.3, -0.25) is 0 Å². The second-order valence-corrected chi connectivity index (χ2v) is 6.24. The van der Waals surface area contributed by atoms with Crippen molar-refractivity contribution in [2.75, 3.05) is 31.1 Å². The predicted octanol–water partition coefficient (Wildman–Crippen LogP) is 2.04. The number of aliphatic hydroxyl groups excluding tert-OH is 1. The van der Waals surface area contributed by atoms with Crippen LogP contribution in [-0.2, 0) is 6.18 Å². The van der Waals surface area contributed by atoms with Gasteiger partial charge in [0.25, 0.3) is 0 Å². The summed E-state index contributed by atoms with van der Waals surface area (Å²) in [7, 11) is 0. The Morgan fingerprint density at radius 3 is 2.95 bits per heavy atom. The van der Waals surface area contributed by atoms with Gasteiger partial charge in [-0.05, 0) is 37.9 Å². The number of aromatic nitrogens is 1. The number of aliphatic hydroxyl groups is 1. The number of anilines is 1. The Balaban J connectivity index is 1.90. The van der Waals surface area contributed by atoms with E-state index in [1.807, 2.05) is 0 Å². The van der Waals surface area contributed by atoms with Crippen LogP contribution in [0.25, 0.3) is 0 Å². The molecule has 0 aromatic carbocycles. The largest absolute Gasteiger partial charge is 0.419 e. The summed E-state index contributed by atoms with van der Waals surface area (Å²) in [5, 5.41) is 13.6. The number of halogens is 3. The standard InChI is InChI=1S/C15H20F3N3O/c16-15(17,18)11-3-1-6-20-13(11)21-8-2-5-14(10-21)9-19-7-4-12(14)22/h1,3,6,12,19,22H,2,4-5,7-10H2/t12-,14-/m0/s1. The van der Waals surface area contributed by atoms with Crippen LogP contribution in [0.1, 0.15) is 24.8 Å². The maximum Gasteiger partial charge on any atom is 0.419 e. The minimum Gasteiger partial charge on any atom is -0.392 e. The summed E-state index contributed by atoms with van der Waals surface area (Å²) in [6, 6.07) is 2.38. The molecule has 122 valence electrons. The normalized spacial score (nSPS) is 29.8. The average Bonchev–Trinajstić information content (AvgIpc) is 2.50. The zero-order chi connectivity index (χ0) is 15.8. The van der Waals surface area contributed by atoms with E-state index in [1.165, 1.54) is 12.3 Å². The van der Waals surface area contributed by atoms with Crippen LogP contribution >= 0.6 is 0 Å². The van der Waals surface area contributed by atoms with Gasteiger partial charge in [0.15, 0.2) is 0 Å². The summed E-state index contributed by atoms with van der Waals surface area (Å²) in [4.78, 5) is 5.66. The Morgan fingerprint density at radius 2 is 2.23 bits per heavy atom. The first-order valence-electron chi connectivity index (χ1n) is 7.58.